The van der Waals surface area contributed by atoms with Crippen molar-refractivity contribution in [1.29, 1.82) is 0 Å². The number of esters is 4. The zero-order valence-corrected chi connectivity index (χ0v) is 66.9. The van der Waals surface area contributed by atoms with Gasteiger partial charge in [0.15, 0.2) is 12.2 Å². The summed E-state index contributed by atoms with van der Waals surface area (Å²) >= 11 is 0. The van der Waals surface area contributed by atoms with Crippen LogP contribution in [0.1, 0.15) is 409 Å². The number of hydrogen-bond acceptors (Lipinski definition) is 15. The van der Waals surface area contributed by atoms with Gasteiger partial charge in [-0.15, -0.1) is 0 Å². The fraction of sp³-hybridized carbons (Fsp3) is 0.950. The van der Waals surface area contributed by atoms with Gasteiger partial charge in [-0.1, -0.05) is 357 Å². The van der Waals surface area contributed by atoms with Crippen LogP contribution in [0, 0.1) is 23.7 Å². The average Bonchev–Trinajstić information content (AvgIpc) is 1.05. The highest BCUT2D eigenvalue weighted by molar-refractivity contribution is 7.47. The number of hydrogen-bond donors (Lipinski definition) is 3. The van der Waals surface area contributed by atoms with Crippen LogP contribution < -0.4 is 0 Å². The van der Waals surface area contributed by atoms with Crippen LogP contribution in [0.2, 0.25) is 0 Å². The molecule has 99 heavy (non-hydrogen) atoms. The van der Waals surface area contributed by atoms with Crippen LogP contribution in [0.25, 0.3) is 0 Å². The Bertz CT molecular complexity index is 1940. The second-order valence-electron chi connectivity index (χ2n) is 30.7. The molecule has 0 heterocycles. The Morgan fingerprint density at radius 2 is 0.424 bits per heavy atom. The van der Waals surface area contributed by atoms with Crippen LogP contribution in [0.15, 0.2) is 0 Å². The van der Waals surface area contributed by atoms with Gasteiger partial charge in [-0.05, 0) is 49.4 Å². The summed E-state index contributed by atoms with van der Waals surface area (Å²) in [5, 5.41) is 10.6. The van der Waals surface area contributed by atoms with E-state index in [-0.39, 0.29) is 25.7 Å². The summed E-state index contributed by atoms with van der Waals surface area (Å²) in [5.41, 5.74) is 0. The lowest BCUT2D eigenvalue weighted by Gasteiger charge is -2.21. The molecule has 0 aliphatic carbocycles. The van der Waals surface area contributed by atoms with Gasteiger partial charge in [-0.25, -0.2) is 9.13 Å². The van der Waals surface area contributed by atoms with E-state index in [0.717, 1.165) is 114 Å². The molecule has 0 radical (unpaired) electrons. The summed E-state index contributed by atoms with van der Waals surface area (Å²) < 4.78 is 68.7. The molecule has 0 rings (SSSR count). The number of aliphatic hydroxyl groups excluding tert-OH is 1. The van der Waals surface area contributed by atoms with E-state index < -0.39 is 97.5 Å². The van der Waals surface area contributed by atoms with Crippen LogP contribution >= 0.6 is 15.6 Å². The predicted molar refractivity (Wildman–Crippen MR) is 404 cm³/mol. The molecule has 588 valence electrons. The third-order valence-electron chi connectivity index (χ3n) is 18.6. The van der Waals surface area contributed by atoms with Gasteiger partial charge in [0.2, 0.25) is 0 Å². The van der Waals surface area contributed by atoms with E-state index in [1.165, 1.54) is 205 Å². The Labute approximate surface area is 607 Å². The maximum absolute atomic E-state index is 13.1. The molecule has 0 fully saturated rings. The topological polar surface area (TPSA) is 237 Å². The van der Waals surface area contributed by atoms with Crippen molar-refractivity contribution in [3.63, 3.8) is 0 Å². The van der Waals surface area contributed by atoms with Crippen LogP contribution in [0.5, 0.6) is 0 Å². The monoisotopic (exact) mass is 1450 g/mol. The third kappa shape index (κ3) is 74.1. The lowest BCUT2D eigenvalue weighted by molar-refractivity contribution is -0.161. The summed E-state index contributed by atoms with van der Waals surface area (Å²) in [6.45, 7) is 14.2. The second kappa shape index (κ2) is 69.1. The molecule has 0 aromatic rings. The zero-order chi connectivity index (χ0) is 73.1. The lowest BCUT2D eigenvalue weighted by Crippen LogP contribution is -2.30. The fourth-order valence-electron chi connectivity index (χ4n) is 12.3. The normalized spacial score (nSPS) is 14.1. The van der Waals surface area contributed by atoms with E-state index >= 15 is 0 Å². The number of carbonyl (C=O) groups is 4. The summed E-state index contributed by atoms with van der Waals surface area (Å²) in [5.74, 6) is 0.942. The number of rotatable bonds is 77. The molecule has 0 saturated carbocycles. The minimum Gasteiger partial charge on any atom is -0.462 e. The third-order valence-corrected chi connectivity index (χ3v) is 20.5. The van der Waals surface area contributed by atoms with Crippen molar-refractivity contribution in [2.75, 3.05) is 39.6 Å². The number of ether oxygens (including phenoxy) is 4. The summed E-state index contributed by atoms with van der Waals surface area (Å²) in [7, 11) is -9.92. The highest BCUT2D eigenvalue weighted by Crippen LogP contribution is 2.45. The molecular formula is C80H156O17P2. The van der Waals surface area contributed by atoms with E-state index in [1.54, 1.807) is 0 Å². The van der Waals surface area contributed by atoms with Crippen molar-refractivity contribution in [1.82, 2.24) is 0 Å². The minimum atomic E-state index is -4.96. The van der Waals surface area contributed by atoms with Crippen molar-refractivity contribution >= 4 is 39.5 Å². The summed E-state index contributed by atoms with van der Waals surface area (Å²) in [4.78, 5) is 73.0. The average molecular weight is 1450 g/mol. The largest absolute Gasteiger partial charge is 0.472 e. The summed E-state index contributed by atoms with van der Waals surface area (Å²) in [6.07, 6.45) is 55.6. The molecule has 0 aromatic carbocycles. The highest BCUT2D eigenvalue weighted by atomic mass is 31.2. The van der Waals surface area contributed by atoms with Gasteiger partial charge in [0.25, 0.3) is 0 Å². The van der Waals surface area contributed by atoms with Crippen molar-refractivity contribution in [2.24, 2.45) is 23.7 Å². The molecule has 0 aliphatic rings. The molecule has 0 amide bonds. The molecule has 2 unspecified atom stereocenters. The summed E-state index contributed by atoms with van der Waals surface area (Å²) in [6, 6.07) is 0. The first kappa shape index (κ1) is 97.1. The lowest BCUT2D eigenvalue weighted by atomic mass is 10.0. The van der Waals surface area contributed by atoms with Gasteiger partial charge in [0, 0.05) is 25.7 Å². The van der Waals surface area contributed by atoms with Crippen LogP contribution in [-0.2, 0) is 65.4 Å². The first-order valence-electron chi connectivity index (χ1n) is 41.2. The van der Waals surface area contributed by atoms with Crippen LogP contribution in [0.3, 0.4) is 0 Å². The van der Waals surface area contributed by atoms with Gasteiger partial charge in [-0.3, -0.25) is 37.3 Å². The second-order valence-corrected chi connectivity index (χ2v) is 33.6. The first-order valence-corrected chi connectivity index (χ1v) is 44.2. The van der Waals surface area contributed by atoms with E-state index in [4.69, 9.17) is 37.0 Å². The van der Waals surface area contributed by atoms with Gasteiger partial charge >= 0.3 is 39.5 Å². The molecule has 19 heteroatoms. The number of phosphoric acid groups is 2. The maximum Gasteiger partial charge on any atom is 0.472 e. The first-order chi connectivity index (χ1) is 47.6. The molecule has 0 bridgehead atoms. The van der Waals surface area contributed by atoms with Crippen LogP contribution in [-0.4, -0.2) is 96.7 Å². The highest BCUT2D eigenvalue weighted by Gasteiger charge is 2.30. The van der Waals surface area contributed by atoms with E-state index in [9.17, 15) is 43.2 Å². The fourth-order valence-corrected chi connectivity index (χ4v) is 13.8. The molecule has 0 saturated heterocycles. The Morgan fingerprint density at radius 3 is 0.626 bits per heavy atom. The smallest absolute Gasteiger partial charge is 0.462 e. The molecule has 5 atom stereocenters. The Kier molecular flexibility index (Phi) is 67.8. The SMILES string of the molecule is CC(C)CCCCCCCCCCCCCCCCCC(=O)OC[C@H](COP(=O)(O)OC[C@@H](O)COP(=O)(O)OC[C@@H](COC(=O)CCCCCCCCC(C)C)OC(=O)CCCCCCCCCCCCCCCC(C)C)OC(=O)CCCCCCCCCCCCCCCC(C)C. The van der Waals surface area contributed by atoms with Crippen molar-refractivity contribution in [3.05, 3.63) is 0 Å². The van der Waals surface area contributed by atoms with Gasteiger partial charge < -0.3 is 33.8 Å². The molecule has 17 nitrogen and oxygen atoms in total. The zero-order valence-electron chi connectivity index (χ0n) is 65.1. The van der Waals surface area contributed by atoms with E-state index in [0.29, 0.717) is 31.6 Å². The van der Waals surface area contributed by atoms with Gasteiger partial charge in [-0.2, -0.15) is 0 Å². The van der Waals surface area contributed by atoms with Crippen LogP contribution in [0.4, 0.5) is 0 Å². The Balaban J connectivity index is 5.23. The van der Waals surface area contributed by atoms with Gasteiger partial charge in [0.05, 0.1) is 26.4 Å². The quantitative estimate of drug-likeness (QED) is 0.0222. The molecular weight excluding hydrogens is 1290 g/mol. The molecule has 3 N–H and O–H groups in total. The standard InChI is InChI=1S/C80H156O17P2/c1-70(2)56-48-40-32-26-20-14-10-9-11-17-23-29-35-44-52-60-77(82)90-66-75(96-79(84)62-54-46-36-30-24-18-12-15-21-27-33-41-49-57-71(3)4)68-94-98(86,87)92-64-74(81)65-93-99(88,89)95-69-76(67-91-78(83)61-53-45-39-38-43-51-59-73(7)8)97-80(85)63-55-47-37-31-25-19-13-16-22-28-34-42-50-58-72(5)6/h70-76,81H,9-69H2,1-8H3,(H,86,87)(H,88,89)/t74-,75-,76-/m1/s1. The number of aliphatic hydroxyl groups is 1. The minimum absolute atomic E-state index is 0.106. The molecule has 0 aromatic heterocycles. The molecule has 0 aliphatic heterocycles. The van der Waals surface area contributed by atoms with E-state index in [2.05, 4.69) is 55.4 Å². The Morgan fingerprint density at radius 1 is 0.253 bits per heavy atom. The van der Waals surface area contributed by atoms with Crippen molar-refractivity contribution < 1.29 is 80.2 Å². The van der Waals surface area contributed by atoms with Crippen molar-refractivity contribution in [2.45, 2.75) is 427 Å². The number of carbonyl (C=O) groups excluding carboxylic acids is 4. The van der Waals surface area contributed by atoms with Crippen molar-refractivity contribution in [3.8, 4) is 0 Å². The number of unbranched alkanes of at least 4 members (excludes halogenated alkanes) is 43. The predicted octanol–water partition coefficient (Wildman–Crippen LogP) is 23.6. The van der Waals surface area contributed by atoms with Gasteiger partial charge in [0.1, 0.15) is 19.3 Å². The number of phosphoric ester groups is 2. The Hall–Kier alpha value is -1.94. The van der Waals surface area contributed by atoms with E-state index in [1.807, 2.05) is 0 Å². The molecule has 0 spiro atoms. The maximum atomic E-state index is 13.1.